The van der Waals surface area contributed by atoms with Crippen molar-refractivity contribution in [3.8, 4) is 6.01 Å². The van der Waals surface area contributed by atoms with Gasteiger partial charge >= 0.3 is 6.01 Å². The van der Waals surface area contributed by atoms with Gasteiger partial charge in [0.15, 0.2) is 0 Å². The molecule has 0 aliphatic rings. The minimum atomic E-state index is 0.266. The minimum Gasteiger partial charge on any atom is -0.467 e. The maximum Gasteiger partial charge on any atom is 0.322 e. The third kappa shape index (κ3) is 3.00. The third-order valence-corrected chi connectivity index (χ3v) is 3.51. The largest absolute Gasteiger partial charge is 0.467 e. The molecule has 21 heavy (non-hydrogen) atoms. The van der Waals surface area contributed by atoms with Crippen LogP contribution < -0.4 is 15.4 Å². The molecule has 108 valence electrons. The number of methoxy groups -OCH3 is 1. The summed E-state index contributed by atoms with van der Waals surface area (Å²) in [6.45, 7) is 2.69. The van der Waals surface area contributed by atoms with E-state index in [1.807, 2.05) is 30.6 Å². The summed E-state index contributed by atoms with van der Waals surface area (Å²) >= 11 is 1.59. The molecule has 0 aliphatic heterocycles. The van der Waals surface area contributed by atoms with Gasteiger partial charge in [-0.15, -0.1) is 11.3 Å². The first kappa shape index (κ1) is 13.5. The van der Waals surface area contributed by atoms with Crippen molar-refractivity contribution < 1.29 is 4.74 Å². The lowest BCUT2D eigenvalue weighted by Gasteiger charge is -2.08. The molecule has 0 spiro atoms. The number of rotatable bonds is 5. The number of hydrogen-bond donors (Lipinski definition) is 2. The summed E-state index contributed by atoms with van der Waals surface area (Å²) in [6.07, 6.45) is 0. The van der Waals surface area contributed by atoms with Gasteiger partial charge in [-0.1, -0.05) is 0 Å². The molecule has 0 saturated carbocycles. The summed E-state index contributed by atoms with van der Waals surface area (Å²) in [5, 5.41) is 6.20. The van der Waals surface area contributed by atoms with Crippen molar-refractivity contribution in [2.45, 2.75) is 6.92 Å². The summed E-state index contributed by atoms with van der Waals surface area (Å²) in [6, 6.07) is 6.17. The fourth-order valence-corrected chi connectivity index (χ4v) is 2.52. The molecule has 0 fully saturated rings. The first-order chi connectivity index (χ1) is 10.3. The van der Waals surface area contributed by atoms with Crippen LogP contribution in [0.2, 0.25) is 0 Å². The Morgan fingerprint density at radius 1 is 1.19 bits per heavy atom. The number of aromatic nitrogens is 4. The average molecular weight is 302 g/mol. The van der Waals surface area contributed by atoms with E-state index in [0.717, 1.165) is 22.4 Å². The Morgan fingerprint density at radius 2 is 2.05 bits per heavy atom. The van der Waals surface area contributed by atoms with Crippen LogP contribution in [0.25, 0.3) is 10.2 Å². The van der Waals surface area contributed by atoms with Gasteiger partial charge in [0, 0.05) is 12.2 Å². The van der Waals surface area contributed by atoms with Gasteiger partial charge in [0.1, 0.15) is 0 Å². The maximum absolute atomic E-state index is 5.09. The maximum atomic E-state index is 5.09. The normalized spacial score (nSPS) is 10.6. The van der Waals surface area contributed by atoms with Gasteiger partial charge in [0.25, 0.3) is 0 Å². The van der Waals surface area contributed by atoms with E-state index >= 15 is 0 Å². The molecule has 1 aromatic carbocycles. The molecule has 0 unspecified atom stereocenters. The number of fused-ring (bicyclic) bond motifs is 1. The van der Waals surface area contributed by atoms with Crippen molar-refractivity contribution in [3.63, 3.8) is 0 Å². The molecule has 3 aromatic rings. The Kier molecular flexibility index (Phi) is 3.78. The Hall–Kier alpha value is -2.48. The lowest BCUT2D eigenvalue weighted by molar-refractivity contribution is 0.379. The highest BCUT2D eigenvalue weighted by Gasteiger charge is 2.07. The zero-order valence-electron chi connectivity index (χ0n) is 11.6. The number of nitrogens with one attached hydrogen (secondary N) is 2. The molecule has 7 nitrogen and oxygen atoms in total. The van der Waals surface area contributed by atoms with Crippen LogP contribution in [-0.2, 0) is 0 Å². The number of nitrogens with zero attached hydrogens (tertiary/aromatic N) is 4. The van der Waals surface area contributed by atoms with Crippen LogP contribution >= 0.6 is 11.3 Å². The molecule has 8 heteroatoms. The molecule has 2 N–H and O–H groups in total. The van der Waals surface area contributed by atoms with Crippen molar-refractivity contribution >= 4 is 39.1 Å². The average Bonchev–Trinajstić information content (AvgIpc) is 2.95. The first-order valence-corrected chi connectivity index (χ1v) is 7.30. The van der Waals surface area contributed by atoms with Crippen LogP contribution in [0, 0.1) is 0 Å². The molecular formula is C13H14N6OS. The molecule has 0 saturated heterocycles. The summed E-state index contributed by atoms with van der Waals surface area (Å²) < 4.78 is 6.19. The van der Waals surface area contributed by atoms with E-state index in [4.69, 9.17) is 4.74 Å². The number of anilines is 3. The molecule has 2 heterocycles. The third-order valence-electron chi connectivity index (χ3n) is 2.72. The van der Waals surface area contributed by atoms with Gasteiger partial charge < -0.3 is 15.4 Å². The number of thiazole rings is 1. The molecule has 2 aromatic heterocycles. The predicted molar refractivity (Wildman–Crippen MR) is 83.4 cm³/mol. The molecular weight excluding hydrogens is 288 g/mol. The second kappa shape index (κ2) is 5.88. The van der Waals surface area contributed by atoms with E-state index in [9.17, 15) is 0 Å². The summed E-state index contributed by atoms with van der Waals surface area (Å²) in [5.41, 5.74) is 3.69. The molecule has 0 aliphatic carbocycles. The van der Waals surface area contributed by atoms with Crippen molar-refractivity contribution in [1.29, 1.82) is 0 Å². The minimum absolute atomic E-state index is 0.266. The highest BCUT2D eigenvalue weighted by Crippen LogP contribution is 2.24. The van der Waals surface area contributed by atoms with Crippen molar-refractivity contribution in [2.75, 3.05) is 24.3 Å². The van der Waals surface area contributed by atoms with E-state index in [1.165, 1.54) is 7.11 Å². The van der Waals surface area contributed by atoms with E-state index < -0.39 is 0 Å². The Balaban J connectivity index is 1.90. The number of benzene rings is 1. The SMILES string of the molecule is CCNc1nc(Nc2ccc3ncsc3c2)nc(OC)n1. The highest BCUT2D eigenvalue weighted by molar-refractivity contribution is 7.16. The second-order valence-electron chi connectivity index (χ2n) is 4.16. The lowest BCUT2D eigenvalue weighted by Crippen LogP contribution is -2.07. The topological polar surface area (TPSA) is 84.9 Å². The standard InChI is InChI=1S/C13H14N6OS/c1-3-14-11-17-12(19-13(18-11)20-2)16-8-4-5-9-10(6-8)21-7-15-9/h4-7H,3H2,1-2H3,(H2,14,16,17,18,19). The van der Waals surface area contributed by atoms with Gasteiger partial charge in [-0.25, -0.2) is 4.98 Å². The zero-order valence-corrected chi connectivity index (χ0v) is 12.4. The smallest absolute Gasteiger partial charge is 0.322 e. The zero-order chi connectivity index (χ0) is 14.7. The van der Waals surface area contributed by atoms with E-state index in [2.05, 4.69) is 30.6 Å². The molecule has 0 bridgehead atoms. The molecule has 0 radical (unpaired) electrons. The number of ether oxygens (including phenoxy) is 1. The van der Waals surface area contributed by atoms with Crippen LogP contribution in [0.3, 0.4) is 0 Å². The van der Waals surface area contributed by atoms with Crippen LogP contribution in [0.1, 0.15) is 6.92 Å². The van der Waals surface area contributed by atoms with Gasteiger partial charge in [0.05, 0.1) is 22.8 Å². The first-order valence-electron chi connectivity index (χ1n) is 6.42. The van der Waals surface area contributed by atoms with Crippen molar-refractivity contribution in [1.82, 2.24) is 19.9 Å². The highest BCUT2D eigenvalue weighted by atomic mass is 32.1. The predicted octanol–water partition coefficient (Wildman–Crippen LogP) is 2.67. The summed E-state index contributed by atoms with van der Waals surface area (Å²) in [7, 11) is 1.53. The fraction of sp³-hybridized carbons (Fsp3) is 0.231. The van der Waals surface area contributed by atoms with Gasteiger partial charge in [0.2, 0.25) is 11.9 Å². The summed E-state index contributed by atoms with van der Waals surface area (Å²) in [4.78, 5) is 16.9. The molecule has 0 atom stereocenters. The molecule has 3 rings (SSSR count). The van der Waals surface area contributed by atoms with Gasteiger partial charge in [-0.2, -0.15) is 15.0 Å². The Bertz CT molecular complexity index is 759. The Morgan fingerprint density at radius 3 is 2.86 bits per heavy atom. The van der Waals surface area contributed by atoms with E-state index in [0.29, 0.717) is 11.9 Å². The van der Waals surface area contributed by atoms with Crippen LogP contribution in [0.4, 0.5) is 17.6 Å². The molecule has 0 amide bonds. The fourth-order valence-electron chi connectivity index (χ4n) is 1.80. The quantitative estimate of drug-likeness (QED) is 0.749. The van der Waals surface area contributed by atoms with Crippen molar-refractivity contribution in [2.24, 2.45) is 0 Å². The van der Waals surface area contributed by atoms with Crippen LogP contribution in [0.5, 0.6) is 6.01 Å². The lowest BCUT2D eigenvalue weighted by atomic mass is 10.3. The number of hydrogen-bond acceptors (Lipinski definition) is 8. The van der Waals surface area contributed by atoms with E-state index in [-0.39, 0.29) is 6.01 Å². The Labute approximate surface area is 125 Å². The van der Waals surface area contributed by atoms with Crippen molar-refractivity contribution in [3.05, 3.63) is 23.7 Å². The second-order valence-corrected chi connectivity index (χ2v) is 5.05. The summed E-state index contributed by atoms with van der Waals surface area (Å²) in [5.74, 6) is 0.910. The van der Waals surface area contributed by atoms with Crippen LogP contribution in [0.15, 0.2) is 23.7 Å². The van der Waals surface area contributed by atoms with Crippen LogP contribution in [-0.4, -0.2) is 33.6 Å². The van der Waals surface area contributed by atoms with Gasteiger partial charge in [-0.05, 0) is 25.1 Å². The van der Waals surface area contributed by atoms with E-state index in [1.54, 1.807) is 11.3 Å². The van der Waals surface area contributed by atoms with Gasteiger partial charge in [-0.3, -0.25) is 0 Å². The monoisotopic (exact) mass is 302 g/mol.